The predicted molar refractivity (Wildman–Crippen MR) is 257 cm³/mol. The predicted octanol–water partition coefficient (Wildman–Crippen LogP) is 13.8. The van der Waals surface area contributed by atoms with Gasteiger partial charge >= 0.3 is 0 Å². The maximum atomic E-state index is 10.0. The average molecular weight is 824 g/mol. The molecule has 0 radical (unpaired) electrons. The molecule has 0 bridgehead atoms. The summed E-state index contributed by atoms with van der Waals surface area (Å²) in [5, 5.41) is -1.44. The fourth-order valence-corrected chi connectivity index (χ4v) is 9.10. The first-order valence-electron chi connectivity index (χ1n) is 29.8. The van der Waals surface area contributed by atoms with E-state index < -0.39 is 177 Å². The molecule has 294 valence electrons. The fourth-order valence-electron chi connectivity index (χ4n) is 9.10. The van der Waals surface area contributed by atoms with Gasteiger partial charge in [0.05, 0.1) is 54.9 Å². The van der Waals surface area contributed by atoms with E-state index in [0.29, 0.717) is 0 Å². The van der Waals surface area contributed by atoms with Crippen molar-refractivity contribution in [2.24, 2.45) is 0 Å². The van der Waals surface area contributed by atoms with Gasteiger partial charge in [0.25, 0.3) is 0 Å². The van der Waals surface area contributed by atoms with Crippen molar-refractivity contribution in [3.8, 4) is 45.5 Å². The molecule has 9 aromatic carbocycles. The van der Waals surface area contributed by atoms with E-state index in [0.717, 1.165) is 42.5 Å². The van der Waals surface area contributed by atoms with Crippen molar-refractivity contribution in [3.05, 3.63) is 246 Å². The van der Waals surface area contributed by atoms with Crippen LogP contribution >= 0.6 is 0 Å². The SMILES string of the molecule is [2H]c1c([2H])c([2H])c(-c2c([2H])c([2H])c3c4c([2H])c([2H])c([2H])c([2H])c4n(-c4nc(-c5ccc6c(c5)C(c5ccccc5)(c5ccccc5)c5ccccc5-6)nc(-n5c6c([2H])c([2H])c([2H])c([2H])c6c6c([2H])c([2H])c([2H])c([2H])c65)n4)c3c2[2H])c([2H])c1[2H]. The highest BCUT2D eigenvalue weighted by molar-refractivity contribution is 6.11. The van der Waals surface area contributed by atoms with Gasteiger partial charge in [-0.1, -0.05) is 194 Å². The molecule has 63 heavy (non-hydrogen) atoms. The van der Waals surface area contributed by atoms with Crippen LogP contribution in [0.1, 0.15) is 49.7 Å². The van der Waals surface area contributed by atoms with Crippen molar-refractivity contribution >= 4 is 43.6 Å². The van der Waals surface area contributed by atoms with Crippen LogP contribution in [0.2, 0.25) is 0 Å². The van der Waals surface area contributed by atoms with E-state index in [1.165, 1.54) is 0 Å². The number of hydrogen-bond donors (Lipinski definition) is 0. The summed E-state index contributed by atoms with van der Waals surface area (Å²) in [5.74, 6) is -1.38. The summed E-state index contributed by atoms with van der Waals surface area (Å²) in [6.07, 6.45) is 0. The van der Waals surface area contributed by atoms with Crippen molar-refractivity contribution in [1.29, 1.82) is 0 Å². The number of benzene rings is 9. The molecule has 0 saturated carbocycles. The summed E-state index contributed by atoms with van der Waals surface area (Å²) < 4.78 is 183. The third-order valence-electron chi connectivity index (χ3n) is 11.7. The van der Waals surface area contributed by atoms with Crippen LogP contribution in [0, 0.1) is 0 Å². The summed E-state index contributed by atoms with van der Waals surface area (Å²) in [6.45, 7) is 0. The highest BCUT2D eigenvalue weighted by atomic mass is 15.3. The molecule has 0 fully saturated rings. The first-order chi connectivity index (χ1) is 39.6. The van der Waals surface area contributed by atoms with E-state index in [-0.39, 0.29) is 27.5 Å². The third-order valence-corrected chi connectivity index (χ3v) is 11.7. The normalized spacial score (nSPS) is 17.3. The van der Waals surface area contributed by atoms with Gasteiger partial charge < -0.3 is 0 Å². The molecule has 0 amide bonds. The van der Waals surface area contributed by atoms with Crippen LogP contribution in [0.3, 0.4) is 0 Å². The van der Waals surface area contributed by atoms with Crippen molar-refractivity contribution in [2.45, 2.75) is 5.41 Å². The lowest BCUT2D eigenvalue weighted by atomic mass is 9.67. The van der Waals surface area contributed by atoms with Crippen molar-refractivity contribution in [1.82, 2.24) is 24.1 Å². The topological polar surface area (TPSA) is 48.5 Å². The van der Waals surface area contributed by atoms with Gasteiger partial charge in [-0.05, 0) is 74.7 Å². The smallest absolute Gasteiger partial charge is 0.240 e. The minimum Gasteiger partial charge on any atom is -0.278 e. The highest BCUT2D eigenvalue weighted by Gasteiger charge is 2.46. The van der Waals surface area contributed by atoms with Crippen molar-refractivity contribution < 1.29 is 27.4 Å². The van der Waals surface area contributed by atoms with E-state index in [9.17, 15) is 12.3 Å². The monoisotopic (exact) mass is 823 g/mol. The Bertz CT molecular complexity index is 4780. The Morgan fingerprint density at radius 2 is 0.889 bits per heavy atom. The van der Waals surface area contributed by atoms with E-state index in [1.54, 1.807) is 6.07 Å². The lowest BCUT2D eigenvalue weighted by Gasteiger charge is -2.34. The van der Waals surface area contributed by atoms with Gasteiger partial charge in [0, 0.05) is 27.1 Å². The standard InChI is InChI=1S/C58H37N5/c1-4-18-38(19-5-1)39-32-35-48-47-27-13-17-31-53(47)63(54(48)37-39)57-60-55(59-56(61-57)62-51-29-15-11-25-45(51)46-26-12-16-30-52(46)62)40-33-34-44-43-24-10-14-28-49(43)58(50(44)36-40,41-20-6-2-7-21-41)42-22-8-3-9-23-42/h1-37H/i1D,4D,5D,11D,12D,13D,15D,16D,17D,18D,19D,25D,26D,27D,29D,30D,31D,32D,35D,37D. The molecule has 0 unspecified atom stereocenters. The van der Waals surface area contributed by atoms with E-state index in [2.05, 4.69) is 0 Å². The first kappa shape index (κ1) is 20.9. The molecule has 0 spiro atoms. The van der Waals surface area contributed by atoms with Crippen LogP contribution in [-0.2, 0) is 5.41 Å². The maximum absolute atomic E-state index is 10.0. The molecule has 0 aliphatic heterocycles. The second kappa shape index (κ2) is 13.8. The fraction of sp³-hybridized carbons (Fsp3) is 0.0172. The molecule has 5 nitrogen and oxygen atoms in total. The van der Waals surface area contributed by atoms with Gasteiger partial charge in [0.2, 0.25) is 11.9 Å². The maximum Gasteiger partial charge on any atom is 0.240 e. The van der Waals surface area contributed by atoms with E-state index in [1.807, 2.05) is 97.1 Å². The van der Waals surface area contributed by atoms with Gasteiger partial charge in [0.1, 0.15) is 0 Å². The second-order valence-electron chi connectivity index (χ2n) is 14.9. The molecule has 0 atom stereocenters. The van der Waals surface area contributed by atoms with Crippen LogP contribution in [-0.4, -0.2) is 24.1 Å². The Morgan fingerprint density at radius 1 is 0.381 bits per heavy atom. The molecule has 0 N–H and O–H groups in total. The van der Waals surface area contributed by atoms with Gasteiger partial charge in [-0.15, -0.1) is 0 Å². The van der Waals surface area contributed by atoms with E-state index >= 15 is 0 Å². The van der Waals surface area contributed by atoms with Gasteiger partial charge in [-0.3, -0.25) is 9.13 Å². The zero-order valence-corrected chi connectivity index (χ0v) is 32.6. The molecular formula is C58H37N5. The molecule has 0 saturated heterocycles. The minimum absolute atomic E-state index is 0.230. The number of aromatic nitrogens is 5. The van der Waals surface area contributed by atoms with Crippen molar-refractivity contribution in [2.75, 3.05) is 0 Å². The van der Waals surface area contributed by atoms with Gasteiger partial charge in [0.15, 0.2) is 5.82 Å². The molecule has 13 rings (SSSR count). The van der Waals surface area contributed by atoms with Crippen LogP contribution in [0.5, 0.6) is 0 Å². The van der Waals surface area contributed by atoms with Gasteiger partial charge in [-0.25, -0.2) is 0 Å². The van der Waals surface area contributed by atoms with Crippen LogP contribution in [0.4, 0.5) is 0 Å². The molecular weight excluding hydrogens is 767 g/mol. The largest absolute Gasteiger partial charge is 0.278 e. The molecule has 3 aromatic heterocycles. The van der Waals surface area contributed by atoms with Crippen LogP contribution < -0.4 is 0 Å². The second-order valence-corrected chi connectivity index (χ2v) is 14.9. The summed E-state index contributed by atoms with van der Waals surface area (Å²) in [7, 11) is 0. The molecule has 3 heterocycles. The first-order valence-corrected chi connectivity index (χ1v) is 19.8. The number of rotatable bonds is 6. The van der Waals surface area contributed by atoms with Crippen LogP contribution in [0.15, 0.2) is 224 Å². The zero-order chi connectivity index (χ0) is 58.9. The molecule has 12 aromatic rings. The zero-order valence-electron chi connectivity index (χ0n) is 52.6. The molecule has 1 aliphatic carbocycles. The lowest BCUT2D eigenvalue weighted by molar-refractivity contribution is 0.768. The number of hydrogen-bond acceptors (Lipinski definition) is 3. The van der Waals surface area contributed by atoms with Crippen molar-refractivity contribution in [3.63, 3.8) is 0 Å². The highest BCUT2D eigenvalue weighted by Crippen LogP contribution is 2.56. The minimum atomic E-state index is -1.00. The Labute approximate surface area is 392 Å². The number of para-hydroxylation sites is 3. The summed E-state index contributed by atoms with van der Waals surface area (Å²) >= 11 is 0. The summed E-state index contributed by atoms with van der Waals surface area (Å²) in [4.78, 5) is 15.0. The van der Waals surface area contributed by atoms with E-state index in [4.69, 9.17) is 30.0 Å². The Morgan fingerprint density at radius 3 is 1.51 bits per heavy atom. The lowest BCUT2D eigenvalue weighted by Crippen LogP contribution is -2.28. The summed E-state index contributed by atoms with van der Waals surface area (Å²) in [6, 6.07) is 17.8. The molecule has 5 heteroatoms. The average Bonchev–Trinajstić information content (AvgIpc) is 1.66. The summed E-state index contributed by atoms with van der Waals surface area (Å²) in [5.41, 5.74) is 1.46. The molecule has 1 aliphatic rings. The Kier molecular flexibility index (Phi) is 4.58. The Hall–Kier alpha value is -8.41. The van der Waals surface area contributed by atoms with Gasteiger partial charge in [-0.2, -0.15) is 15.0 Å². The number of fused-ring (bicyclic) bond motifs is 9. The number of nitrogens with zero attached hydrogens (tertiary/aromatic N) is 5. The quantitative estimate of drug-likeness (QED) is 0.168. The third kappa shape index (κ3) is 5.20. The Balaban J connectivity index is 1.25. The van der Waals surface area contributed by atoms with Crippen LogP contribution in [0.25, 0.3) is 89.2 Å².